The minimum absolute atomic E-state index is 0.0376. The molecule has 0 unspecified atom stereocenters. The summed E-state index contributed by atoms with van der Waals surface area (Å²) in [4.78, 5) is 11.1. The lowest BCUT2D eigenvalue weighted by Gasteiger charge is -2.08. The van der Waals surface area contributed by atoms with Crippen molar-refractivity contribution in [2.45, 2.75) is 27.4 Å². The van der Waals surface area contributed by atoms with E-state index in [1.54, 1.807) is 6.92 Å². The van der Waals surface area contributed by atoms with Gasteiger partial charge in [0.25, 0.3) is 0 Å². The minimum Gasteiger partial charge on any atom is -0.392 e. The quantitative estimate of drug-likeness (QED) is 0.703. The van der Waals surface area contributed by atoms with E-state index in [0.29, 0.717) is 5.56 Å². The topological polar surface area (TPSA) is 37.3 Å². The maximum absolute atomic E-state index is 11.1. The molecule has 0 aliphatic rings. The molecule has 0 aliphatic heterocycles. The van der Waals surface area contributed by atoms with Gasteiger partial charge in [0.2, 0.25) is 0 Å². The molecule has 1 aromatic rings. The zero-order chi connectivity index (χ0) is 10.0. The molecule has 0 atom stereocenters. The molecule has 0 saturated heterocycles. The van der Waals surface area contributed by atoms with Crippen molar-refractivity contribution < 1.29 is 9.90 Å². The van der Waals surface area contributed by atoms with Crippen LogP contribution in [0.2, 0.25) is 0 Å². The summed E-state index contributed by atoms with van der Waals surface area (Å²) in [7, 11) is 0. The van der Waals surface area contributed by atoms with E-state index < -0.39 is 0 Å². The summed E-state index contributed by atoms with van der Waals surface area (Å²) in [6, 6.07) is 3.64. The van der Waals surface area contributed by atoms with Gasteiger partial charge in [-0.1, -0.05) is 0 Å². The van der Waals surface area contributed by atoms with Crippen molar-refractivity contribution >= 4 is 5.78 Å². The van der Waals surface area contributed by atoms with Gasteiger partial charge in [0, 0.05) is 5.56 Å². The lowest BCUT2D eigenvalue weighted by atomic mass is 9.98. The molecular formula is C11H14O2. The van der Waals surface area contributed by atoms with E-state index in [4.69, 9.17) is 5.11 Å². The lowest BCUT2D eigenvalue weighted by Crippen LogP contribution is -1.99. The third-order valence-electron chi connectivity index (χ3n) is 2.26. The fourth-order valence-corrected chi connectivity index (χ4v) is 1.45. The molecule has 0 amide bonds. The van der Waals surface area contributed by atoms with Crippen LogP contribution >= 0.6 is 0 Å². The maximum Gasteiger partial charge on any atom is 0.159 e. The molecule has 0 aliphatic carbocycles. The summed E-state index contributed by atoms with van der Waals surface area (Å²) in [6.07, 6.45) is 0. The normalized spacial score (nSPS) is 10.2. The highest BCUT2D eigenvalue weighted by Gasteiger charge is 2.06. The molecule has 2 nitrogen and oxygen atoms in total. The van der Waals surface area contributed by atoms with Crippen LogP contribution in [0.4, 0.5) is 0 Å². The summed E-state index contributed by atoms with van der Waals surface area (Å²) in [5.74, 6) is 0.0655. The fraction of sp³-hybridized carbons (Fsp3) is 0.364. The molecule has 1 aromatic carbocycles. The second-order valence-electron chi connectivity index (χ2n) is 3.30. The molecule has 0 radical (unpaired) electrons. The average molecular weight is 178 g/mol. The molecule has 2 heteroatoms. The molecule has 1 rings (SSSR count). The van der Waals surface area contributed by atoms with E-state index >= 15 is 0 Å². The van der Waals surface area contributed by atoms with Crippen LogP contribution in [0.3, 0.4) is 0 Å². The van der Waals surface area contributed by atoms with Crippen molar-refractivity contribution in [2.24, 2.45) is 0 Å². The molecule has 0 spiro atoms. The van der Waals surface area contributed by atoms with Crippen LogP contribution in [0.5, 0.6) is 0 Å². The number of rotatable bonds is 2. The van der Waals surface area contributed by atoms with E-state index in [1.807, 2.05) is 26.0 Å². The number of Topliss-reactive ketones (excluding diaryl/α,β-unsaturated/α-hetero) is 1. The van der Waals surface area contributed by atoms with Crippen molar-refractivity contribution in [3.63, 3.8) is 0 Å². The van der Waals surface area contributed by atoms with E-state index in [9.17, 15) is 4.79 Å². The van der Waals surface area contributed by atoms with Gasteiger partial charge in [-0.3, -0.25) is 4.79 Å². The summed E-state index contributed by atoms with van der Waals surface area (Å²) >= 11 is 0. The van der Waals surface area contributed by atoms with Gasteiger partial charge < -0.3 is 5.11 Å². The van der Waals surface area contributed by atoms with Gasteiger partial charge in [-0.05, 0) is 49.6 Å². The van der Waals surface area contributed by atoms with Crippen LogP contribution in [0.15, 0.2) is 12.1 Å². The van der Waals surface area contributed by atoms with Crippen molar-refractivity contribution in [1.29, 1.82) is 0 Å². The fourth-order valence-electron chi connectivity index (χ4n) is 1.45. The largest absolute Gasteiger partial charge is 0.392 e. The monoisotopic (exact) mass is 178 g/mol. The van der Waals surface area contributed by atoms with Gasteiger partial charge in [0.05, 0.1) is 6.61 Å². The minimum atomic E-state index is 0.0376. The Hall–Kier alpha value is -1.15. The Labute approximate surface area is 78.2 Å². The number of hydrogen-bond acceptors (Lipinski definition) is 2. The van der Waals surface area contributed by atoms with Gasteiger partial charge in [0.15, 0.2) is 5.78 Å². The Morgan fingerprint density at radius 1 is 1.31 bits per heavy atom. The predicted octanol–water partition coefficient (Wildman–Crippen LogP) is 2.00. The lowest BCUT2D eigenvalue weighted by molar-refractivity contribution is 0.101. The second kappa shape index (κ2) is 3.71. The van der Waals surface area contributed by atoms with Crippen LogP contribution in [0.25, 0.3) is 0 Å². The first-order valence-electron chi connectivity index (χ1n) is 4.28. The predicted molar refractivity (Wildman–Crippen MR) is 51.8 cm³/mol. The summed E-state index contributed by atoms with van der Waals surface area (Å²) in [5, 5.41) is 9.04. The molecule has 13 heavy (non-hydrogen) atoms. The third kappa shape index (κ3) is 1.95. The van der Waals surface area contributed by atoms with Crippen LogP contribution in [-0.4, -0.2) is 10.9 Å². The number of aliphatic hydroxyl groups excluding tert-OH is 1. The molecule has 0 bridgehead atoms. The van der Waals surface area contributed by atoms with Crippen LogP contribution < -0.4 is 0 Å². The van der Waals surface area contributed by atoms with Crippen LogP contribution in [-0.2, 0) is 6.61 Å². The van der Waals surface area contributed by atoms with Gasteiger partial charge >= 0.3 is 0 Å². The highest BCUT2D eigenvalue weighted by atomic mass is 16.3. The average Bonchev–Trinajstić information content (AvgIpc) is 2.03. The Morgan fingerprint density at radius 3 is 2.08 bits per heavy atom. The Balaban J connectivity index is 3.28. The third-order valence-corrected chi connectivity index (χ3v) is 2.26. The number of aliphatic hydroxyl groups is 1. The van der Waals surface area contributed by atoms with Gasteiger partial charge in [-0.25, -0.2) is 0 Å². The molecule has 1 N–H and O–H groups in total. The van der Waals surface area contributed by atoms with E-state index in [0.717, 1.165) is 16.7 Å². The molecule has 70 valence electrons. The zero-order valence-corrected chi connectivity index (χ0v) is 8.22. The maximum atomic E-state index is 11.1. The van der Waals surface area contributed by atoms with Gasteiger partial charge in [-0.2, -0.15) is 0 Å². The molecule has 0 saturated carbocycles. The highest BCUT2D eigenvalue weighted by Crippen LogP contribution is 2.16. The van der Waals surface area contributed by atoms with Crippen molar-refractivity contribution in [1.82, 2.24) is 0 Å². The van der Waals surface area contributed by atoms with E-state index in [1.165, 1.54) is 0 Å². The SMILES string of the molecule is CC(=O)c1cc(C)c(CO)c(C)c1. The van der Waals surface area contributed by atoms with E-state index in [2.05, 4.69) is 0 Å². The number of carbonyl (C=O) groups excluding carboxylic acids is 1. The molecule has 0 heterocycles. The Morgan fingerprint density at radius 2 is 1.77 bits per heavy atom. The van der Waals surface area contributed by atoms with Crippen LogP contribution in [0.1, 0.15) is 34.0 Å². The number of benzene rings is 1. The summed E-state index contributed by atoms with van der Waals surface area (Å²) < 4.78 is 0. The second-order valence-corrected chi connectivity index (χ2v) is 3.30. The van der Waals surface area contributed by atoms with Gasteiger partial charge in [-0.15, -0.1) is 0 Å². The zero-order valence-electron chi connectivity index (χ0n) is 8.22. The molecule has 0 aromatic heterocycles. The number of ketones is 1. The standard InChI is InChI=1S/C11H14O2/c1-7-4-10(9(3)13)5-8(2)11(7)6-12/h4-5,12H,6H2,1-3H3. The Kier molecular flexibility index (Phi) is 2.83. The van der Waals surface area contributed by atoms with E-state index in [-0.39, 0.29) is 12.4 Å². The smallest absolute Gasteiger partial charge is 0.159 e. The first kappa shape index (κ1) is 9.93. The summed E-state index contributed by atoms with van der Waals surface area (Å²) in [5.41, 5.74) is 3.60. The first-order valence-corrected chi connectivity index (χ1v) is 4.28. The number of carbonyl (C=O) groups is 1. The van der Waals surface area contributed by atoms with Crippen molar-refractivity contribution in [3.05, 3.63) is 34.4 Å². The highest BCUT2D eigenvalue weighted by molar-refractivity contribution is 5.94. The molecule has 0 fully saturated rings. The first-order chi connectivity index (χ1) is 6.06. The van der Waals surface area contributed by atoms with Gasteiger partial charge in [0.1, 0.15) is 0 Å². The number of hydrogen-bond donors (Lipinski definition) is 1. The number of aryl methyl sites for hydroxylation is 2. The van der Waals surface area contributed by atoms with Crippen LogP contribution in [0, 0.1) is 13.8 Å². The van der Waals surface area contributed by atoms with Crippen molar-refractivity contribution in [3.8, 4) is 0 Å². The Bertz CT molecular complexity index is 317. The molecular weight excluding hydrogens is 164 g/mol. The van der Waals surface area contributed by atoms with Crippen molar-refractivity contribution in [2.75, 3.05) is 0 Å². The summed E-state index contributed by atoms with van der Waals surface area (Å²) in [6.45, 7) is 5.40.